The first-order valence-corrected chi connectivity index (χ1v) is 6.01. The van der Waals surface area contributed by atoms with Crippen LogP contribution in [0, 0.1) is 5.41 Å². The molecule has 0 atom stereocenters. The van der Waals surface area contributed by atoms with E-state index in [0.717, 1.165) is 4.88 Å². The van der Waals surface area contributed by atoms with Gasteiger partial charge in [-0.1, -0.05) is 18.2 Å². The van der Waals surface area contributed by atoms with Crippen molar-refractivity contribution >= 4 is 27.4 Å². The molecule has 2 rings (SSSR count). The average molecular weight is 234 g/mol. The van der Waals surface area contributed by atoms with Gasteiger partial charge in [-0.05, 0) is 37.8 Å². The number of fused-ring (bicyclic) bond motifs is 1. The lowest BCUT2D eigenvalue weighted by molar-refractivity contribution is -0.146. The summed E-state index contributed by atoms with van der Waals surface area (Å²) in [5, 5.41) is 10.3. The van der Waals surface area contributed by atoms with Gasteiger partial charge < -0.3 is 5.11 Å². The Balaban J connectivity index is 2.32. The molecule has 0 saturated heterocycles. The molecule has 2 nitrogen and oxygen atoms in total. The zero-order valence-corrected chi connectivity index (χ0v) is 10.2. The number of thiophene rings is 1. The van der Waals surface area contributed by atoms with E-state index in [4.69, 9.17) is 5.11 Å². The van der Waals surface area contributed by atoms with Gasteiger partial charge in [-0.15, -0.1) is 11.3 Å². The number of rotatable bonds is 3. The van der Waals surface area contributed by atoms with Crippen molar-refractivity contribution in [2.75, 3.05) is 0 Å². The molecule has 1 N–H and O–H groups in total. The first-order valence-electron chi connectivity index (χ1n) is 5.20. The highest BCUT2D eigenvalue weighted by Crippen LogP contribution is 2.31. The van der Waals surface area contributed by atoms with Crippen LogP contribution >= 0.6 is 11.3 Å². The number of carboxylic acids is 1. The Morgan fingerprint density at radius 3 is 2.69 bits per heavy atom. The van der Waals surface area contributed by atoms with Crippen molar-refractivity contribution in [1.29, 1.82) is 0 Å². The van der Waals surface area contributed by atoms with Crippen molar-refractivity contribution < 1.29 is 9.90 Å². The zero-order valence-electron chi connectivity index (χ0n) is 9.36. The van der Waals surface area contributed by atoms with Crippen LogP contribution in [0.15, 0.2) is 30.3 Å². The minimum atomic E-state index is -0.745. The Morgan fingerprint density at radius 1 is 1.38 bits per heavy atom. The van der Waals surface area contributed by atoms with Gasteiger partial charge in [0, 0.05) is 9.58 Å². The molecule has 2 aromatic rings. The largest absolute Gasteiger partial charge is 0.481 e. The third kappa shape index (κ3) is 2.09. The number of hydrogen-bond donors (Lipinski definition) is 1. The first-order chi connectivity index (χ1) is 7.49. The number of benzene rings is 1. The third-order valence-electron chi connectivity index (χ3n) is 2.67. The second-order valence-electron chi connectivity index (χ2n) is 4.62. The van der Waals surface area contributed by atoms with Crippen LogP contribution in [-0.4, -0.2) is 11.1 Å². The Bertz CT molecular complexity index is 492. The van der Waals surface area contributed by atoms with E-state index in [0.29, 0.717) is 6.42 Å². The molecule has 0 fully saturated rings. The number of carbonyl (C=O) groups is 1. The van der Waals surface area contributed by atoms with Crippen LogP contribution in [0.4, 0.5) is 0 Å². The highest BCUT2D eigenvalue weighted by Gasteiger charge is 2.27. The maximum Gasteiger partial charge on any atom is 0.309 e. The summed E-state index contributed by atoms with van der Waals surface area (Å²) >= 11 is 1.68. The second-order valence-corrected chi connectivity index (χ2v) is 5.78. The fourth-order valence-corrected chi connectivity index (χ4v) is 2.93. The predicted octanol–water partition coefficient (Wildman–Crippen LogP) is 3.55. The molecule has 1 heterocycles. The van der Waals surface area contributed by atoms with Crippen LogP contribution in [0.25, 0.3) is 10.1 Å². The number of aliphatic carboxylic acids is 1. The normalized spacial score (nSPS) is 11.9. The molecule has 3 heteroatoms. The summed E-state index contributed by atoms with van der Waals surface area (Å²) < 4.78 is 1.22. The highest BCUT2D eigenvalue weighted by atomic mass is 32.1. The molecule has 0 saturated carbocycles. The zero-order chi connectivity index (χ0) is 11.8. The van der Waals surface area contributed by atoms with Crippen LogP contribution < -0.4 is 0 Å². The van der Waals surface area contributed by atoms with Gasteiger partial charge in [-0.2, -0.15) is 0 Å². The molecule has 0 amide bonds. The molecule has 16 heavy (non-hydrogen) atoms. The van der Waals surface area contributed by atoms with Crippen LogP contribution in [-0.2, 0) is 11.2 Å². The summed E-state index contributed by atoms with van der Waals surface area (Å²) in [4.78, 5) is 12.2. The lowest BCUT2D eigenvalue weighted by atomic mass is 9.89. The molecule has 0 aliphatic heterocycles. The molecule has 0 unspecified atom stereocenters. The number of hydrogen-bond acceptors (Lipinski definition) is 2. The van der Waals surface area contributed by atoms with Crippen LogP contribution in [0.1, 0.15) is 18.7 Å². The standard InChI is InChI=1S/C13H14O2S/c1-13(2,12(14)15)8-10-7-9-5-3-4-6-11(9)16-10/h3-7H,8H2,1-2H3,(H,14,15). The molecule has 0 radical (unpaired) electrons. The maximum absolute atomic E-state index is 11.0. The van der Waals surface area contributed by atoms with E-state index >= 15 is 0 Å². The predicted molar refractivity (Wildman–Crippen MR) is 66.9 cm³/mol. The molecular weight excluding hydrogens is 220 g/mol. The maximum atomic E-state index is 11.0. The molecule has 0 aliphatic rings. The van der Waals surface area contributed by atoms with E-state index < -0.39 is 11.4 Å². The summed E-state index contributed by atoms with van der Waals surface area (Å²) in [7, 11) is 0. The van der Waals surface area contributed by atoms with Crippen LogP contribution in [0.5, 0.6) is 0 Å². The van der Waals surface area contributed by atoms with Gasteiger partial charge in [0.1, 0.15) is 0 Å². The van der Waals surface area contributed by atoms with Gasteiger partial charge in [0.05, 0.1) is 5.41 Å². The summed E-state index contributed by atoms with van der Waals surface area (Å²) in [5.41, 5.74) is -0.694. The van der Waals surface area contributed by atoms with Gasteiger partial charge >= 0.3 is 5.97 Å². The highest BCUT2D eigenvalue weighted by molar-refractivity contribution is 7.19. The molecule has 1 aromatic heterocycles. The minimum Gasteiger partial charge on any atom is -0.481 e. The number of carboxylic acid groups (broad SMARTS) is 1. The van der Waals surface area contributed by atoms with Gasteiger partial charge in [-0.25, -0.2) is 0 Å². The Kier molecular flexibility index (Phi) is 2.72. The van der Waals surface area contributed by atoms with E-state index in [-0.39, 0.29) is 0 Å². The van der Waals surface area contributed by atoms with Crippen LogP contribution in [0.3, 0.4) is 0 Å². The van der Waals surface area contributed by atoms with E-state index in [1.165, 1.54) is 10.1 Å². The van der Waals surface area contributed by atoms with Crippen molar-refractivity contribution in [3.05, 3.63) is 35.2 Å². The Hall–Kier alpha value is -1.35. The van der Waals surface area contributed by atoms with Gasteiger partial charge in [0.15, 0.2) is 0 Å². The molecule has 0 aliphatic carbocycles. The van der Waals surface area contributed by atoms with Gasteiger partial charge in [-0.3, -0.25) is 4.79 Å². The third-order valence-corrected chi connectivity index (χ3v) is 3.79. The molecule has 0 bridgehead atoms. The van der Waals surface area contributed by atoms with E-state index in [2.05, 4.69) is 18.2 Å². The van der Waals surface area contributed by atoms with E-state index in [1.54, 1.807) is 25.2 Å². The summed E-state index contributed by atoms with van der Waals surface area (Å²) in [6, 6.07) is 10.2. The lowest BCUT2D eigenvalue weighted by Crippen LogP contribution is -2.25. The Labute approximate surface area is 98.5 Å². The first kappa shape index (κ1) is 11.1. The van der Waals surface area contributed by atoms with Crippen molar-refractivity contribution in [3.63, 3.8) is 0 Å². The van der Waals surface area contributed by atoms with E-state index in [9.17, 15) is 4.79 Å². The van der Waals surface area contributed by atoms with Crippen molar-refractivity contribution in [2.45, 2.75) is 20.3 Å². The quantitative estimate of drug-likeness (QED) is 0.881. The summed E-state index contributed by atoms with van der Waals surface area (Å²) in [6.07, 6.45) is 0.585. The average Bonchev–Trinajstić information content (AvgIpc) is 2.58. The topological polar surface area (TPSA) is 37.3 Å². The summed E-state index contributed by atoms with van der Waals surface area (Å²) in [6.45, 7) is 3.53. The van der Waals surface area contributed by atoms with Crippen molar-refractivity contribution in [2.24, 2.45) is 5.41 Å². The molecule has 0 spiro atoms. The lowest BCUT2D eigenvalue weighted by Gasteiger charge is -2.17. The molecular formula is C13H14O2S. The summed E-state index contributed by atoms with van der Waals surface area (Å²) in [5.74, 6) is -0.745. The fraction of sp³-hybridized carbons (Fsp3) is 0.308. The second kappa shape index (κ2) is 3.91. The van der Waals surface area contributed by atoms with E-state index in [1.807, 2.05) is 12.1 Å². The van der Waals surface area contributed by atoms with Crippen LogP contribution in [0.2, 0.25) is 0 Å². The minimum absolute atomic E-state index is 0.585. The monoisotopic (exact) mass is 234 g/mol. The molecule has 84 valence electrons. The van der Waals surface area contributed by atoms with Crippen molar-refractivity contribution in [3.8, 4) is 0 Å². The smallest absolute Gasteiger partial charge is 0.309 e. The SMILES string of the molecule is CC(C)(Cc1cc2ccccc2s1)C(=O)O. The Morgan fingerprint density at radius 2 is 2.06 bits per heavy atom. The van der Waals surface area contributed by atoms with Gasteiger partial charge in [0.25, 0.3) is 0 Å². The van der Waals surface area contributed by atoms with Gasteiger partial charge in [0.2, 0.25) is 0 Å². The van der Waals surface area contributed by atoms with Crippen molar-refractivity contribution in [1.82, 2.24) is 0 Å². The molecule has 1 aromatic carbocycles. The fourth-order valence-electron chi connectivity index (χ4n) is 1.64.